The van der Waals surface area contributed by atoms with Crippen LogP contribution in [0.5, 0.6) is 0 Å². The van der Waals surface area contributed by atoms with Gasteiger partial charge >= 0.3 is 11.9 Å². The number of hydrogen-bond donors (Lipinski definition) is 4. The molecule has 4 N–H and O–H groups in total. The highest BCUT2D eigenvalue weighted by Crippen LogP contribution is 2.24. The Morgan fingerprint density at radius 1 is 0.492 bits per heavy atom. The Balaban J connectivity index is 2.28. The average molecular weight is 893 g/mol. The summed E-state index contributed by atoms with van der Waals surface area (Å²) in [6.07, 6.45) is 31.7. The van der Waals surface area contributed by atoms with E-state index < -0.39 is 71.2 Å². The quantitative estimate of drug-likeness (QED) is 0.0258. The molecule has 1 aliphatic heterocycles. The maximum atomic E-state index is 12.8. The zero-order valence-electron chi connectivity index (χ0n) is 38.8. The Hall–Kier alpha value is -1.35. The van der Waals surface area contributed by atoms with E-state index in [2.05, 4.69) is 13.8 Å². The van der Waals surface area contributed by atoms with Gasteiger partial charge in [-0.05, 0) is 12.8 Å². The van der Waals surface area contributed by atoms with Gasteiger partial charge < -0.3 is 34.3 Å². The standard InChI is InChI=1S/C48H92O12S/c1-3-5-7-9-11-13-14-15-16-17-18-19-20-21-22-23-24-25-26-27-29-31-33-35-37-44(50)59-41(38-57-43(49)36-34-32-30-28-12-10-8-6-4-2)39-58-48-47(53)46(52)45(51)42(60-48)40-61(54,55)56/h41-42,45-48,51-53H,3-40H2,1-2H3,(H,54,55,56). The van der Waals surface area contributed by atoms with Gasteiger partial charge in [0.1, 0.15) is 36.8 Å². The van der Waals surface area contributed by atoms with Gasteiger partial charge in [-0.1, -0.05) is 213 Å². The molecular formula is C48H92O12S. The van der Waals surface area contributed by atoms with Crippen molar-refractivity contribution in [2.45, 2.75) is 275 Å². The third-order valence-corrected chi connectivity index (χ3v) is 12.7. The number of aliphatic hydroxyl groups is 3. The largest absolute Gasteiger partial charge is 0.462 e. The molecule has 0 aromatic heterocycles. The number of esters is 2. The number of ether oxygens (including phenoxy) is 4. The average Bonchev–Trinajstić information content (AvgIpc) is 3.22. The third kappa shape index (κ3) is 33.8. The van der Waals surface area contributed by atoms with E-state index in [0.29, 0.717) is 12.8 Å². The summed E-state index contributed by atoms with van der Waals surface area (Å²) in [6, 6.07) is 0. The van der Waals surface area contributed by atoms with E-state index in [0.717, 1.165) is 38.5 Å². The number of aliphatic hydroxyl groups excluding tert-OH is 3. The van der Waals surface area contributed by atoms with Crippen molar-refractivity contribution in [1.29, 1.82) is 0 Å². The van der Waals surface area contributed by atoms with Crippen LogP contribution in [0.15, 0.2) is 0 Å². The minimum absolute atomic E-state index is 0.173. The van der Waals surface area contributed by atoms with Gasteiger partial charge in [0.05, 0.1) is 6.61 Å². The molecule has 1 saturated heterocycles. The Kier molecular flexibility index (Phi) is 36.9. The topological polar surface area (TPSA) is 186 Å². The van der Waals surface area contributed by atoms with Crippen LogP contribution in [0.4, 0.5) is 0 Å². The van der Waals surface area contributed by atoms with E-state index >= 15 is 0 Å². The summed E-state index contributed by atoms with van der Waals surface area (Å²) in [5.41, 5.74) is 0. The van der Waals surface area contributed by atoms with Crippen LogP contribution in [-0.4, -0.2) is 96.0 Å². The highest BCUT2D eigenvalue weighted by atomic mass is 32.2. The van der Waals surface area contributed by atoms with E-state index in [1.165, 1.54) is 161 Å². The fourth-order valence-corrected chi connectivity index (χ4v) is 8.72. The van der Waals surface area contributed by atoms with Crippen molar-refractivity contribution in [3.63, 3.8) is 0 Å². The molecule has 6 atom stereocenters. The van der Waals surface area contributed by atoms with Gasteiger partial charge in [0.15, 0.2) is 12.4 Å². The molecule has 13 heteroatoms. The Morgan fingerprint density at radius 3 is 1.20 bits per heavy atom. The zero-order chi connectivity index (χ0) is 44.8. The highest BCUT2D eigenvalue weighted by Gasteiger charge is 2.46. The van der Waals surface area contributed by atoms with Crippen molar-refractivity contribution in [3.8, 4) is 0 Å². The van der Waals surface area contributed by atoms with Gasteiger partial charge in [-0.15, -0.1) is 0 Å². The number of unbranched alkanes of at least 4 members (excludes halogenated alkanes) is 31. The molecule has 1 heterocycles. The molecule has 0 aliphatic carbocycles. The number of carbonyl (C=O) groups excluding carboxylic acids is 2. The molecule has 1 aliphatic rings. The van der Waals surface area contributed by atoms with E-state index in [4.69, 9.17) is 18.9 Å². The summed E-state index contributed by atoms with van der Waals surface area (Å²) < 4.78 is 54.1. The lowest BCUT2D eigenvalue weighted by atomic mass is 10.00. The molecule has 0 radical (unpaired) electrons. The SMILES string of the molecule is CCCCCCCCCCCCCCCCCCCCCCCCCCC(=O)OC(COC(=O)CCCCCCCCCCC)COC1OC(CS(=O)(=O)O)C(O)C(O)C1O. The normalized spacial score (nSPS) is 19.9. The van der Waals surface area contributed by atoms with Crippen molar-refractivity contribution in [1.82, 2.24) is 0 Å². The first-order valence-electron chi connectivity index (χ1n) is 25.1. The predicted molar refractivity (Wildman–Crippen MR) is 243 cm³/mol. The Morgan fingerprint density at radius 2 is 0.836 bits per heavy atom. The molecule has 12 nitrogen and oxygen atoms in total. The molecule has 1 rings (SSSR count). The van der Waals surface area contributed by atoms with Gasteiger partial charge in [-0.2, -0.15) is 8.42 Å². The fourth-order valence-electron chi connectivity index (χ4n) is 8.03. The van der Waals surface area contributed by atoms with Crippen LogP contribution in [0.2, 0.25) is 0 Å². The smallest absolute Gasteiger partial charge is 0.306 e. The molecular weight excluding hydrogens is 801 g/mol. The van der Waals surface area contributed by atoms with Crippen LogP contribution in [0.1, 0.15) is 239 Å². The lowest BCUT2D eigenvalue weighted by Gasteiger charge is -2.40. The summed E-state index contributed by atoms with van der Waals surface area (Å²) in [5, 5.41) is 30.9. The first-order chi connectivity index (χ1) is 29.5. The van der Waals surface area contributed by atoms with Crippen molar-refractivity contribution in [3.05, 3.63) is 0 Å². The fraction of sp³-hybridized carbons (Fsp3) is 0.958. The van der Waals surface area contributed by atoms with E-state index in [9.17, 15) is 37.9 Å². The first kappa shape index (κ1) is 57.7. The second kappa shape index (κ2) is 39.1. The maximum absolute atomic E-state index is 12.8. The van der Waals surface area contributed by atoms with Crippen molar-refractivity contribution in [2.75, 3.05) is 19.0 Å². The highest BCUT2D eigenvalue weighted by molar-refractivity contribution is 7.85. The molecule has 0 spiro atoms. The van der Waals surface area contributed by atoms with Crippen LogP contribution in [0.25, 0.3) is 0 Å². The minimum Gasteiger partial charge on any atom is -0.462 e. The summed E-state index contributed by atoms with van der Waals surface area (Å²) >= 11 is 0. The Labute approximate surface area is 372 Å². The van der Waals surface area contributed by atoms with Gasteiger partial charge in [0, 0.05) is 12.8 Å². The monoisotopic (exact) mass is 893 g/mol. The van der Waals surface area contributed by atoms with E-state index in [1.807, 2.05) is 0 Å². The second-order valence-electron chi connectivity index (χ2n) is 17.9. The molecule has 0 saturated carbocycles. The van der Waals surface area contributed by atoms with Crippen LogP contribution in [0, 0.1) is 0 Å². The van der Waals surface area contributed by atoms with Crippen LogP contribution < -0.4 is 0 Å². The number of carbonyl (C=O) groups is 2. The molecule has 6 unspecified atom stereocenters. The van der Waals surface area contributed by atoms with E-state index in [1.54, 1.807) is 0 Å². The summed E-state index contributed by atoms with van der Waals surface area (Å²) in [5.74, 6) is -1.96. The van der Waals surface area contributed by atoms with E-state index in [-0.39, 0.29) is 19.4 Å². The van der Waals surface area contributed by atoms with Crippen molar-refractivity contribution in [2.24, 2.45) is 0 Å². The van der Waals surface area contributed by atoms with Gasteiger partial charge in [-0.3, -0.25) is 14.1 Å². The molecule has 0 bridgehead atoms. The molecule has 0 aromatic rings. The zero-order valence-corrected chi connectivity index (χ0v) is 39.6. The molecule has 1 fully saturated rings. The molecule has 0 aromatic carbocycles. The molecule has 0 amide bonds. The predicted octanol–water partition coefficient (Wildman–Crippen LogP) is 10.8. The summed E-state index contributed by atoms with van der Waals surface area (Å²) in [7, 11) is -4.60. The van der Waals surface area contributed by atoms with Crippen molar-refractivity contribution < 1.29 is 56.8 Å². The lowest BCUT2D eigenvalue weighted by molar-refractivity contribution is -0.297. The van der Waals surface area contributed by atoms with Crippen LogP contribution in [0.3, 0.4) is 0 Å². The molecule has 61 heavy (non-hydrogen) atoms. The minimum atomic E-state index is -4.60. The number of rotatable bonds is 43. The lowest BCUT2D eigenvalue weighted by Crippen LogP contribution is -2.60. The van der Waals surface area contributed by atoms with Crippen LogP contribution >= 0.6 is 0 Å². The first-order valence-corrected chi connectivity index (χ1v) is 26.7. The van der Waals surface area contributed by atoms with Gasteiger partial charge in [0.2, 0.25) is 0 Å². The molecule has 362 valence electrons. The van der Waals surface area contributed by atoms with Gasteiger partial charge in [-0.25, -0.2) is 0 Å². The second-order valence-corrected chi connectivity index (χ2v) is 19.3. The van der Waals surface area contributed by atoms with Crippen LogP contribution in [-0.2, 0) is 38.7 Å². The summed E-state index contributed by atoms with van der Waals surface area (Å²) in [6.45, 7) is 3.77. The summed E-state index contributed by atoms with van der Waals surface area (Å²) in [4.78, 5) is 25.4. The Bertz CT molecular complexity index is 1140. The maximum Gasteiger partial charge on any atom is 0.306 e. The number of hydrogen-bond acceptors (Lipinski definition) is 11. The van der Waals surface area contributed by atoms with Crippen molar-refractivity contribution >= 4 is 22.1 Å². The van der Waals surface area contributed by atoms with Gasteiger partial charge in [0.25, 0.3) is 10.1 Å². The third-order valence-electron chi connectivity index (χ3n) is 11.9.